The van der Waals surface area contributed by atoms with Crippen molar-refractivity contribution in [2.45, 2.75) is 19.4 Å². The Morgan fingerprint density at radius 3 is 3.06 bits per heavy atom. The summed E-state index contributed by atoms with van der Waals surface area (Å²) in [6.07, 6.45) is 0.711. The number of fused-ring (bicyclic) bond motifs is 1. The third-order valence-corrected chi connectivity index (χ3v) is 2.51. The van der Waals surface area contributed by atoms with Crippen molar-refractivity contribution in [1.29, 1.82) is 0 Å². The van der Waals surface area contributed by atoms with Crippen LogP contribution in [0, 0.1) is 6.92 Å². The zero-order chi connectivity index (χ0) is 11.5. The Morgan fingerprint density at radius 2 is 2.31 bits per heavy atom. The van der Waals surface area contributed by atoms with Crippen molar-refractivity contribution in [1.82, 2.24) is 4.98 Å². The van der Waals surface area contributed by atoms with Crippen LogP contribution in [0.1, 0.15) is 23.9 Å². The molecule has 86 valence electrons. The van der Waals surface area contributed by atoms with Crippen molar-refractivity contribution in [2.24, 2.45) is 5.73 Å². The van der Waals surface area contributed by atoms with Gasteiger partial charge in [-0.05, 0) is 31.0 Å². The van der Waals surface area contributed by atoms with E-state index >= 15 is 0 Å². The second-order valence-corrected chi connectivity index (χ2v) is 3.91. The van der Waals surface area contributed by atoms with Gasteiger partial charge in [0.1, 0.15) is 5.52 Å². The maximum Gasteiger partial charge on any atom is 0.212 e. The molecule has 4 nitrogen and oxygen atoms in total. The quantitative estimate of drug-likeness (QED) is 0.857. The first kappa shape index (κ1) is 11.1. The number of rotatable bonds is 4. The molecule has 2 aromatic rings. The molecule has 2 rings (SSSR count). The number of nitrogens with zero attached hydrogens (tertiary/aromatic N) is 1. The summed E-state index contributed by atoms with van der Waals surface area (Å²) >= 11 is 0. The highest BCUT2D eigenvalue weighted by Gasteiger charge is 2.13. The number of ether oxygens (including phenoxy) is 1. The van der Waals surface area contributed by atoms with Crippen LogP contribution in [0.25, 0.3) is 11.1 Å². The Morgan fingerprint density at radius 1 is 1.50 bits per heavy atom. The van der Waals surface area contributed by atoms with E-state index in [0.29, 0.717) is 18.9 Å². The number of nitrogens with two attached hydrogens (primary N) is 1. The summed E-state index contributed by atoms with van der Waals surface area (Å²) in [6.45, 7) is 2.63. The fourth-order valence-corrected chi connectivity index (χ4v) is 1.58. The van der Waals surface area contributed by atoms with Gasteiger partial charge in [-0.3, -0.25) is 0 Å². The fourth-order valence-electron chi connectivity index (χ4n) is 1.58. The summed E-state index contributed by atoms with van der Waals surface area (Å²) in [4.78, 5) is 4.36. The van der Waals surface area contributed by atoms with Gasteiger partial charge in [-0.15, -0.1) is 0 Å². The highest BCUT2D eigenvalue weighted by molar-refractivity contribution is 5.73. The van der Waals surface area contributed by atoms with Crippen LogP contribution >= 0.6 is 0 Å². The normalized spacial score (nSPS) is 13.2. The Balaban J connectivity index is 2.25. The maximum atomic E-state index is 5.95. The lowest BCUT2D eigenvalue weighted by Gasteiger charge is -2.05. The highest BCUT2D eigenvalue weighted by atomic mass is 16.5. The molecular formula is C12H16N2O2. The van der Waals surface area contributed by atoms with Crippen molar-refractivity contribution >= 4 is 11.1 Å². The van der Waals surface area contributed by atoms with Gasteiger partial charge in [0.25, 0.3) is 0 Å². The van der Waals surface area contributed by atoms with E-state index < -0.39 is 0 Å². The molecule has 0 aliphatic rings. The zero-order valence-corrected chi connectivity index (χ0v) is 9.56. The molecule has 0 spiro atoms. The minimum Gasteiger partial charge on any atom is -0.439 e. The monoisotopic (exact) mass is 220 g/mol. The van der Waals surface area contributed by atoms with Gasteiger partial charge < -0.3 is 14.9 Å². The SMILES string of the molecule is COCCC(N)c1nc2ccc(C)cc2o1. The lowest BCUT2D eigenvalue weighted by Crippen LogP contribution is -2.12. The second kappa shape index (κ2) is 4.63. The summed E-state index contributed by atoms with van der Waals surface area (Å²) in [5, 5.41) is 0. The van der Waals surface area contributed by atoms with Crippen molar-refractivity contribution in [2.75, 3.05) is 13.7 Å². The standard InChI is InChI=1S/C12H16N2O2/c1-8-3-4-10-11(7-8)16-12(14-10)9(13)5-6-15-2/h3-4,7,9H,5-6,13H2,1-2H3. The summed E-state index contributed by atoms with van der Waals surface area (Å²) in [5.74, 6) is 0.581. The zero-order valence-electron chi connectivity index (χ0n) is 9.56. The van der Waals surface area contributed by atoms with E-state index in [1.54, 1.807) is 7.11 Å². The average Bonchev–Trinajstić information content (AvgIpc) is 2.68. The summed E-state index contributed by atoms with van der Waals surface area (Å²) in [7, 11) is 1.65. The molecule has 0 aliphatic carbocycles. The smallest absolute Gasteiger partial charge is 0.212 e. The number of hydrogen-bond acceptors (Lipinski definition) is 4. The van der Waals surface area contributed by atoms with Crippen LogP contribution in [-0.4, -0.2) is 18.7 Å². The van der Waals surface area contributed by atoms with Crippen LogP contribution in [0.3, 0.4) is 0 Å². The molecule has 4 heteroatoms. The van der Waals surface area contributed by atoms with E-state index in [1.165, 1.54) is 0 Å². The van der Waals surface area contributed by atoms with E-state index in [0.717, 1.165) is 16.7 Å². The number of aryl methyl sites for hydroxylation is 1. The van der Waals surface area contributed by atoms with Gasteiger partial charge in [0.2, 0.25) is 5.89 Å². The number of aromatic nitrogens is 1. The van der Waals surface area contributed by atoms with Crippen molar-refractivity contribution < 1.29 is 9.15 Å². The maximum absolute atomic E-state index is 5.95. The summed E-state index contributed by atoms with van der Waals surface area (Å²) in [6, 6.07) is 5.72. The summed E-state index contributed by atoms with van der Waals surface area (Å²) < 4.78 is 10.6. The molecule has 0 saturated heterocycles. The number of methoxy groups -OCH3 is 1. The number of benzene rings is 1. The first-order valence-corrected chi connectivity index (χ1v) is 5.32. The molecular weight excluding hydrogens is 204 g/mol. The molecule has 1 aromatic carbocycles. The van der Waals surface area contributed by atoms with Gasteiger partial charge in [0.05, 0.1) is 6.04 Å². The van der Waals surface area contributed by atoms with Crippen LogP contribution in [-0.2, 0) is 4.74 Å². The Hall–Kier alpha value is -1.39. The molecule has 1 aromatic heterocycles. The Kier molecular flexibility index (Phi) is 3.22. The van der Waals surface area contributed by atoms with Gasteiger partial charge in [-0.25, -0.2) is 4.98 Å². The van der Waals surface area contributed by atoms with Crippen LogP contribution in [0.4, 0.5) is 0 Å². The molecule has 0 fully saturated rings. The van der Waals surface area contributed by atoms with Crippen molar-refractivity contribution in [3.63, 3.8) is 0 Å². The predicted molar refractivity (Wildman–Crippen MR) is 62.2 cm³/mol. The predicted octanol–water partition coefficient (Wildman–Crippen LogP) is 2.17. The molecule has 1 unspecified atom stereocenters. The van der Waals surface area contributed by atoms with Crippen LogP contribution in [0.5, 0.6) is 0 Å². The van der Waals surface area contributed by atoms with Crippen LogP contribution < -0.4 is 5.73 Å². The van der Waals surface area contributed by atoms with Crippen LogP contribution in [0.2, 0.25) is 0 Å². The molecule has 1 atom stereocenters. The Labute approximate surface area is 94.4 Å². The molecule has 0 aliphatic heterocycles. The minimum atomic E-state index is -0.201. The first-order chi connectivity index (χ1) is 7.70. The van der Waals surface area contributed by atoms with Crippen molar-refractivity contribution in [3.8, 4) is 0 Å². The average molecular weight is 220 g/mol. The fraction of sp³-hybridized carbons (Fsp3) is 0.417. The lowest BCUT2D eigenvalue weighted by molar-refractivity contribution is 0.184. The van der Waals surface area contributed by atoms with Crippen molar-refractivity contribution in [3.05, 3.63) is 29.7 Å². The Bertz CT molecular complexity index is 479. The van der Waals surface area contributed by atoms with Gasteiger partial charge in [-0.2, -0.15) is 0 Å². The molecule has 2 N–H and O–H groups in total. The molecule has 16 heavy (non-hydrogen) atoms. The van der Waals surface area contributed by atoms with E-state index in [2.05, 4.69) is 4.98 Å². The first-order valence-electron chi connectivity index (χ1n) is 5.32. The minimum absolute atomic E-state index is 0.201. The molecule has 0 saturated carbocycles. The van der Waals surface area contributed by atoms with Gasteiger partial charge >= 0.3 is 0 Å². The lowest BCUT2D eigenvalue weighted by atomic mass is 10.2. The third kappa shape index (κ3) is 2.23. The largest absolute Gasteiger partial charge is 0.439 e. The highest BCUT2D eigenvalue weighted by Crippen LogP contribution is 2.21. The third-order valence-electron chi connectivity index (χ3n) is 2.51. The molecule has 0 amide bonds. The van der Waals surface area contributed by atoms with Crippen LogP contribution in [0.15, 0.2) is 22.6 Å². The second-order valence-electron chi connectivity index (χ2n) is 3.91. The van der Waals surface area contributed by atoms with E-state index in [4.69, 9.17) is 14.9 Å². The number of oxazole rings is 1. The molecule has 0 bridgehead atoms. The van der Waals surface area contributed by atoms with E-state index in [1.807, 2.05) is 25.1 Å². The molecule has 1 heterocycles. The number of hydrogen-bond donors (Lipinski definition) is 1. The van der Waals surface area contributed by atoms with E-state index in [-0.39, 0.29) is 6.04 Å². The van der Waals surface area contributed by atoms with Gasteiger partial charge in [0.15, 0.2) is 5.58 Å². The summed E-state index contributed by atoms with van der Waals surface area (Å²) in [5.41, 5.74) is 8.75. The van der Waals surface area contributed by atoms with E-state index in [9.17, 15) is 0 Å². The van der Waals surface area contributed by atoms with Gasteiger partial charge in [0, 0.05) is 13.7 Å². The van der Waals surface area contributed by atoms with Gasteiger partial charge in [-0.1, -0.05) is 6.07 Å². The topological polar surface area (TPSA) is 61.3 Å². The molecule has 0 radical (unpaired) electrons.